The number of nitrogens with zero attached hydrogens (tertiary/aromatic N) is 1. The van der Waals surface area contributed by atoms with Crippen LogP contribution in [0.4, 0.5) is 5.69 Å². The maximum atomic E-state index is 12.7. The summed E-state index contributed by atoms with van der Waals surface area (Å²) in [6, 6.07) is 6.09. The molecular formula is C19H26N2O5S. The Bertz CT molecular complexity index is 783. The van der Waals surface area contributed by atoms with E-state index in [1.54, 1.807) is 12.1 Å². The van der Waals surface area contributed by atoms with Crippen LogP contribution in [-0.4, -0.2) is 44.3 Å². The van der Waals surface area contributed by atoms with Crippen LogP contribution >= 0.6 is 0 Å². The van der Waals surface area contributed by atoms with Gasteiger partial charge in [0, 0.05) is 18.8 Å². The largest absolute Gasteiger partial charge is 0.455 e. The Balaban J connectivity index is 1.54. The maximum Gasteiger partial charge on any atom is 0.309 e. The number of carbonyl (C=O) groups is 2. The number of rotatable bonds is 6. The molecule has 1 saturated carbocycles. The zero-order valence-corrected chi connectivity index (χ0v) is 16.3. The quantitative estimate of drug-likeness (QED) is 0.748. The standard InChI is InChI=1S/C19H26N2O5S/c1-14-12-17(14)19(23)26-13-18(22)20-15-6-8-16(9-7-15)27(24,25)21-10-4-2-3-5-11-21/h6-9,14,17H,2-5,10-13H2,1H3,(H,20,22)/t14-,17-/m1/s1. The van der Waals surface area contributed by atoms with Gasteiger partial charge in [-0.25, -0.2) is 8.42 Å². The van der Waals surface area contributed by atoms with E-state index in [-0.39, 0.29) is 23.4 Å². The average molecular weight is 394 g/mol. The van der Waals surface area contributed by atoms with Gasteiger partial charge in [0.25, 0.3) is 5.91 Å². The van der Waals surface area contributed by atoms with Gasteiger partial charge in [-0.1, -0.05) is 19.8 Å². The van der Waals surface area contributed by atoms with E-state index in [1.165, 1.54) is 16.4 Å². The molecule has 2 fully saturated rings. The summed E-state index contributed by atoms with van der Waals surface area (Å²) in [5, 5.41) is 2.61. The molecule has 1 aliphatic heterocycles. The molecule has 8 heteroatoms. The highest BCUT2D eigenvalue weighted by Gasteiger charge is 2.40. The van der Waals surface area contributed by atoms with Crippen molar-refractivity contribution in [2.24, 2.45) is 11.8 Å². The second-order valence-electron chi connectivity index (χ2n) is 7.32. The van der Waals surface area contributed by atoms with Gasteiger partial charge in [0.05, 0.1) is 10.8 Å². The first-order valence-electron chi connectivity index (χ1n) is 9.44. The smallest absolute Gasteiger partial charge is 0.309 e. The lowest BCUT2D eigenvalue weighted by Crippen LogP contribution is -2.31. The molecule has 1 aromatic carbocycles. The molecule has 148 valence electrons. The van der Waals surface area contributed by atoms with Gasteiger partial charge in [-0.05, 0) is 49.4 Å². The molecule has 0 bridgehead atoms. The Morgan fingerprint density at radius 1 is 1.11 bits per heavy atom. The van der Waals surface area contributed by atoms with Crippen LogP contribution in [0.3, 0.4) is 0 Å². The van der Waals surface area contributed by atoms with Crippen molar-refractivity contribution in [1.29, 1.82) is 0 Å². The molecule has 3 rings (SSSR count). The van der Waals surface area contributed by atoms with Crippen LogP contribution in [0.1, 0.15) is 39.0 Å². The van der Waals surface area contributed by atoms with Gasteiger partial charge in [-0.3, -0.25) is 9.59 Å². The summed E-state index contributed by atoms with van der Waals surface area (Å²) in [7, 11) is -3.51. The minimum Gasteiger partial charge on any atom is -0.455 e. The summed E-state index contributed by atoms with van der Waals surface area (Å²) >= 11 is 0. The van der Waals surface area contributed by atoms with Crippen molar-refractivity contribution in [3.05, 3.63) is 24.3 Å². The number of hydrogen-bond donors (Lipinski definition) is 1. The van der Waals surface area contributed by atoms with E-state index in [2.05, 4.69) is 5.32 Å². The first kappa shape index (κ1) is 19.8. The summed E-state index contributed by atoms with van der Waals surface area (Å²) in [5.41, 5.74) is 0.464. The van der Waals surface area contributed by atoms with E-state index in [1.807, 2.05) is 6.92 Å². The van der Waals surface area contributed by atoms with E-state index in [4.69, 9.17) is 4.74 Å². The minimum absolute atomic E-state index is 0.0822. The molecular weight excluding hydrogens is 368 g/mol. The Labute approximate surface area is 160 Å². The minimum atomic E-state index is -3.51. The van der Waals surface area contributed by atoms with Crippen molar-refractivity contribution in [2.75, 3.05) is 25.0 Å². The third-order valence-corrected chi connectivity index (χ3v) is 7.01. The molecule has 0 radical (unpaired) electrons. The second kappa shape index (κ2) is 8.39. The molecule has 0 unspecified atom stereocenters. The van der Waals surface area contributed by atoms with Crippen molar-refractivity contribution in [2.45, 2.75) is 43.9 Å². The first-order chi connectivity index (χ1) is 12.9. The SMILES string of the molecule is C[C@@H]1C[C@H]1C(=O)OCC(=O)Nc1ccc(S(=O)(=O)N2CCCCCC2)cc1. The fourth-order valence-corrected chi connectivity index (χ4v) is 4.75. The fourth-order valence-electron chi connectivity index (χ4n) is 3.23. The molecule has 1 aromatic rings. The van der Waals surface area contributed by atoms with Gasteiger partial charge in [0.2, 0.25) is 10.0 Å². The molecule has 2 atom stereocenters. The van der Waals surface area contributed by atoms with Crippen molar-refractivity contribution in [1.82, 2.24) is 4.31 Å². The predicted molar refractivity (Wildman–Crippen MR) is 101 cm³/mol. The van der Waals surface area contributed by atoms with Gasteiger partial charge < -0.3 is 10.1 Å². The predicted octanol–water partition coefficient (Wildman–Crippen LogP) is 2.39. The van der Waals surface area contributed by atoms with Crippen LogP contribution in [0.2, 0.25) is 0 Å². The van der Waals surface area contributed by atoms with Crippen LogP contribution in [0.15, 0.2) is 29.2 Å². The number of anilines is 1. The molecule has 7 nitrogen and oxygen atoms in total. The van der Waals surface area contributed by atoms with Crippen molar-refractivity contribution in [3.63, 3.8) is 0 Å². The van der Waals surface area contributed by atoms with Crippen LogP contribution in [0, 0.1) is 11.8 Å². The average Bonchev–Trinajstić information content (AvgIpc) is 3.42. The van der Waals surface area contributed by atoms with E-state index in [0.717, 1.165) is 32.1 Å². The molecule has 1 heterocycles. The normalized spacial score (nSPS) is 23.3. The van der Waals surface area contributed by atoms with E-state index in [9.17, 15) is 18.0 Å². The summed E-state index contributed by atoms with van der Waals surface area (Å²) in [6.07, 6.45) is 4.69. The molecule has 0 aromatic heterocycles. The molecule has 27 heavy (non-hydrogen) atoms. The topological polar surface area (TPSA) is 92.8 Å². The Kier molecular flexibility index (Phi) is 6.16. The Hall–Kier alpha value is -1.93. The van der Waals surface area contributed by atoms with E-state index < -0.39 is 15.9 Å². The van der Waals surface area contributed by atoms with Crippen LogP contribution in [0.25, 0.3) is 0 Å². The molecule has 1 saturated heterocycles. The zero-order chi connectivity index (χ0) is 19.4. The van der Waals surface area contributed by atoms with Crippen molar-refractivity contribution in [3.8, 4) is 0 Å². The molecule has 1 N–H and O–H groups in total. The lowest BCUT2D eigenvalue weighted by molar-refractivity contribution is -0.148. The highest BCUT2D eigenvalue weighted by Crippen LogP contribution is 2.38. The van der Waals surface area contributed by atoms with E-state index >= 15 is 0 Å². The summed E-state index contributed by atoms with van der Waals surface area (Å²) in [4.78, 5) is 23.7. The zero-order valence-electron chi connectivity index (χ0n) is 15.5. The van der Waals surface area contributed by atoms with Gasteiger partial charge >= 0.3 is 5.97 Å². The van der Waals surface area contributed by atoms with Gasteiger partial charge in [0.15, 0.2) is 6.61 Å². The third kappa shape index (κ3) is 5.07. The molecule has 2 aliphatic rings. The van der Waals surface area contributed by atoms with Crippen LogP contribution in [-0.2, 0) is 24.3 Å². The number of nitrogens with one attached hydrogen (secondary N) is 1. The Morgan fingerprint density at radius 3 is 2.26 bits per heavy atom. The highest BCUT2D eigenvalue weighted by molar-refractivity contribution is 7.89. The fraction of sp³-hybridized carbons (Fsp3) is 0.579. The van der Waals surface area contributed by atoms with Gasteiger partial charge in [-0.2, -0.15) is 4.31 Å². The number of sulfonamides is 1. The third-order valence-electron chi connectivity index (χ3n) is 5.10. The van der Waals surface area contributed by atoms with E-state index in [0.29, 0.717) is 24.7 Å². The molecule has 1 amide bonds. The second-order valence-corrected chi connectivity index (χ2v) is 9.26. The molecule has 1 aliphatic carbocycles. The van der Waals surface area contributed by atoms with Gasteiger partial charge in [-0.15, -0.1) is 0 Å². The van der Waals surface area contributed by atoms with Crippen molar-refractivity contribution < 1.29 is 22.7 Å². The highest BCUT2D eigenvalue weighted by atomic mass is 32.2. The number of ether oxygens (including phenoxy) is 1. The summed E-state index contributed by atoms with van der Waals surface area (Å²) in [5.74, 6) is -0.531. The Morgan fingerprint density at radius 2 is 1.70 bits per heavy atom. The molecule has 0 spiro atoms. The number of carbonyl (C=O) groups excluding carboxylic acids is 2. The first-order valence-corrected chi connectivity index (χ1v) is 10.9. The summed E-state index contributed by atoms with van der Waals surface area (Å²) in [6.45, 7) is 2.72. The monoisotopic (exact) mass is 394 g/mol. The van der Waals surface area contributed by atoms with Crippen LogP contribution in [0.5, 0.6) is 0 Å². The number of benzene rings is 1. The lowest BCUT2D eigenvalue weighted by Gasteiger charge is -2.20. The van der Waals surface area contributed by atoms with Crippen LogP contribution < -0.4 is 5.32 Å². The number of hydrogen-bond acceptors (Lipinski definition) is 5. The summed E-state index contributed by atoms with van der Waals surface area (Å²) < 4.78 is 32.0. The van der Waals surface area contributed by atoms with Gasteiger partial charge in [0.1, 0.15) is 0 Å². The van der Waals surface area contributed by atoms with Crippen molar-refractivity contribution >= 4 is 27.6 Å². The lowest BCUT2D eigenvalue weighted by atomic mass is 10.2. The number of esters is 1. The maximum absolute atomic E-state index is 12.7. The number of amides is 1.